The second-order valence-corrected chi connectivity index (χ2v) is 26.4. The highest BCUT2D eigenvalue weighted by molar-refractivity contribution is 6.30. The Hall–Kier alpha value is -11.4. The zero-order valence-corrected chi connectivity index (χ0v) is 59.1. The maximum Gasteiger partial charge on any atom is 0.415 e. The van der Waals surface area contributed by atoms with Crippen molar-refractivity contribution in [3.05, 3.63) is 114 Å². The minimum absolute atomic E-state index is 0.0708. The molecule has 5 N–H and O–H groups in total. The van der Waals surface area contributed by atoms with Gasteiger partial charge in [-0.3, -0.25) is 14.7 Å². The van der Waals surface area contributed by atoms with E-state index in [1.807, 2.05) is 6.07 Å². The number of anilines is 8. The SMILES string of the molecule is CCOC(=O)c1cnn2c(N(C)C(=O)OC(C)(C)C)cc(Cl)nc12.CCOC(=O)c1cnn2c(N(C)C(=O)OC(C)(C)C)cc(Nc3cccnc3OC3CC3)nc12.CN(C(=O)OC(C)(C)C)c1cc(Nc2cccnc2OC2CC2)nc2c(C(=O)O)cnn12.Nc1cccnc1OC1CC1. The number of hydrogen-bond acceptors (Lipinski definition) is 26. The molecule has 101 heavy (non-hydrogen) atoms. The van der Waals surface area contributed by atoms with Crippen molar-refractivity contribution in [3.63, 3.8) is 0 Å². The number of nitrogens with zero attached hydrogens (tertiary/aromatic N) is 15. The number of nitrogen functional groups attached to an aromatic ring is 1. The molecule has 12 rings (SSSR count). The van der Waals surface area contributed by atoms with Crippen molar-refractivity contribution in [3.8, 4) is 17.6 Å². The van der Waals surface area contributed by atoms with Crippen LogP contribution in [0.2, 0.25) is 5.15 Å². The number of carboxylic acid groups (broad SMARTS) is 1. The third-order valence-electron chi connectivity index (χ3n) is 13.9. The Morgan fingerprint density at radius 2 is 0.861 bits per heavy atom. The van der Waals surface area contributed by atoms with Crippen LogP contribution in [0.4, 0.5) is 60.5 Å². The summed E-state index contributed by atoms with van der Waals surface area (Å²) in [5.41, 5.74) is 6.08. The van der Waals surface area contributed by atoms with Crippen molar-refractivity contribution < 1.29 is 71.8 Å². The number of carbonyl (C=O) groups is 6. The molecule has 0 unspecified atom stereocenters. The van der Waals surface area contributed by atoms with Crippen molar-refractivity contribution >= 4 is 111 Å². The van der Waals surface area contributed by atoms with Crippen molar-refractivity contribution in [2.45, 2.75) is 150 Å². The zero-order valence-electron chi connectivity index (χ0n) is 58.4. The molecule has 3 fully saturated rings. The lowest BCUT2D eigenvalue weighted by Crippen LogP contribution is -2.35. The number of amides is 3. The maximum atomic E-state index is 12.8. The van der Waals surface area contributed by atoms with Crippen molar-refractivity contribution in [1.29, 1.82) is 0 Å². The first-order valence-corrected chi connectivity index (χ1v) is 32.6. The van der Waals surface area contributed by atoms with E-state index in [0.29, 0.717) is 64.1 Å². The smallest absolute Gasteiger partial charge is 0.415 e. The number of hydrogen-bond donors (Lipinski definition) is 4. The summed E-state index contributed by atoms with van der Waals surface area (Å²) >= 11 is 6.03. The topological polar surface area (TPSA) is 386 Å². The molecule has 9 aromatic rings. The molecular formula is C67H81ClN18O15. The number of nitrogens with two attached hydrogens (primary N) is 1. The van der Waals surface area contributed by atoms with E-state index in [4.69, 9.17) is 55.2 Å². The number of ether oxygens (including phenoxy) is 8. The van der Waals surface area contributed by atoms with Crippen LogP contribution in [0.1, 0.15) is 146 Å². The summed E-state index contributed by atoms with van der Waals surface area (Å²) < 4.78 is 47.5. The van der Waals surface area contributed by atoms with Crippen molar-refractivity contribution in [2.75, 3.05) is 65.4 Å². The maximum absolute atomic E-state index is 12.8. The molecule has 0 bridgehead atoms. The number of halogens is 1. The van der Waals surface area contributed by atoms with Crippen LogP contribution in [0.3, 0.4) is 0 Å². The van der Waals surface area contributed by atoms with Gasteiger partial charge in [0.15, 0.2) is 16.9 Å². The monoisotopic (exact) mass is 1410 g/mol. The first kappa shape index (κ1) is 73.9. The van der Waals surface area contributed by atoms with E-state index in [1.165, 1.54) is 67.0 Å². The quantitative estimate of drug-likeness (QED) is 0.0352. The van der Waals surface area contributed by atoms with E-state index in [-0.39, 0.29) is 70.0 Å². The summed E-state index contributed by atoms with van der Waals surface area (Å²) in [5, 5.41) is 28.5. The zero-order chi connectivity index (χ0) is 73.3. The second kappa shape index (κ2) is 31.2. The Labute approximate surface area is 585 Å². The van der Waals surface area contributed by atoms with Gasteiger partial charge in [0.25, 0.3) is 0 Å². The Morgan fingerprint density at radius 1 is 0.525 bits per heavy atom. The molecule has 0 spiro atoms. The molecule has 3 amide bonds. The lowest BCUT2D eigenvalue weighted by Gasteiger charge is -2.25. The Balaban J connectivity index is 0.000000165. The second-order valence-electron chi connectivity index (χ2n) is 26.0. The number of aromatic carboxylic acids is 1. The molecule has 3 saturated carbocycles. The molecule has 0 saturated heterocycles. The van der Waals surface area contributed by atoms with Gasteiger partial charge in [-0.05, 0) is 151 Å². The minimum Gasteiger partial charge on any atom is -0.477 e. The van der Waals surface area contributed by atoms with E-state index in [9.17, 15) is 33.9 Å². The van der Waals surface area contributed by atoms with Crippen LogP contribution in [0.5, 0.6) is 17.6 Å². The molecule has 536 valence electrons. The summed E-state index contributed by atoms with van der Waals surface area (Å²) in [6.07, 6.45) is 13.9. The van der Waals surface area contributed by atoms with Gasteiger partial charge in [-0.2, -0.15) is 28.8 Å². The third-order valence-corrected chi connectivity index (χ3v) is 14.1. The molecule has 9 aromatic heterocycles. The van der Waals surface area contributed by atoms with Gasteiger partial charge < -0.3 is 59.4 Å². The fraction of sp³-hybridized carbons (Fsp3) is 0.418. The molecule has 0 radical (unpaired) electrons. The number of carboxylic acids is 1. The van der Waals surface area contributed by atoms with E-state index in [1.54, 1.807) is 144 Å². The first-order valence-electron chi connectivity index (χ1n) is 32.2. The van der Waals surface area contributed by atoms with E-state index >= 15 is 0 Å². The van der Waals surface area contributed by atoms with Crippen molar-refractivity contribution in [1.82, 2.24) is 58.7 Å². The Morgan fingerprint density at radius 3 is 1.22 bits per heavy atom. The molecule has 0 atom stereocenters. The molecule has 3 aliphatic carbocycles. The minimum atomic E-state index is -1.19. The Kier molecular flexibility index (Phi) is 22.8. The fourth-order valence-electron chi connectivity index (χ4n) is 8.75. The summed E-state index contributed by atoms with van der Waals surface area (Å²) in [6.45, 7) is 19.8. The fourth-order valence-corrected chi connectivity index (χ4v) is 8.93. The van der Waals surface area contributed by atoms with Crippen LogP contribution >= 0.6 is 11.6 Å². The van der Waals surface area contributed by atoms with Crippen LogP contribution in [-0.4, -0.2) is 170 Å². The summed E-state index contributed by atoms with van der Waals surface area (Å²) in [7, 11) is 4.59. The van der Waals surface area contributed by atoms with E-state index in [2.05, 4.69) is 55.8 Å². The lowest BCUT2D eigenvalue weighted by atomic mass is 10.2. The van der Waals surface area contributed by atoms with Gasteiger partial charge in [0.1, 0.15) is 97.4 Å². The summed E-state index contributed by atoms with van der Waals surface area (Å²) in [5.74, 6) is 0.717. The number of nitrogens with one attached hydrogen (secondary N) is 2. The van der Waals surface area contributed by atoms with Crippen molar-refractivity contribution in [2.24, 2.45) is 0 Å². The number of rotatable bonds is 18. The molecule has 9 heterocycles. The van der Waals surface area contributed by atoms with Crippen LogP contribution in [-0.2, 0) is 23.7 Å². The average Bonchev–Trinajstić information content (AvgIpc) is 1.76. The number of carbonyl (C=O) groups excluding carboxylic acids is 5. The van der Waals surface area contributed by atoms with E-state index in [0.717, 1.165) is 38.5 Å². The summed E-state index contributed by atoms with van der Waals surface area (Å²) in [4.78, 5) is 103. The van der Waals surface area contributed by atoms with E-state index < -0.39 is 53.0 Å². The molecule has 0 aliphatic heterocycles. The number of aromatic nitrogens is 12. The van der Waals surface area contributed by atoms with Gasteiger partial charge in [-0.15, -0.1) is 0 Å². The largest absolute Gasteiger partial charge is 0.477 e. The molecule has 0 aromatic carbocycles. The number of pyridine rings is 3. The molecule has 34 heteroatoms. The highest BCUT2D eigenvalue weighted by Gasteiger charge is 2.32. The third kappa shape index (κ3) is 19.9. The standard InChI is InChI=1S/C23H28N6O5.C21H24N6O5.C15H19ClN4O4.C8H10N2O/c1-6-32-21(30)15-13-25-29-18(28(5)22(31)34-23(2,3)4)12-17(27-19(15)29)26-16-8-7-11-24-20(16)33-14-9-10-14;1-21(2,3)32-20(30)26(4)16-10-15(25-17-13(19(28)29)11-23-27(16)17)24-14-6-5-9-22-18(14)31-12-7-8-12;1-6-23-13(21)9-8-17-20-11(7-10(16)18-12(9)20)19(5)14(22)24-15(2,3)4;9-7-2-1-5-10-8(7)11-6-3-4-6/h7-8,11-14H,6,9-10H2,1-5H3,(H,26,27);5-6,9-12H,7-8H2,1-4H3,(H,24,25)(H,28,29);7-8H,6H2,1-5H3;1-2,5-6H,3-4,9H2. The van der Waals surface area contributed by atoms with Gasteiger partial charge in [-0.1, -0.05) is 11.6 Å². The first-order chi connectivity index (χ1) is 47.8. The lowest BCUT2D eigenvalue weighted by molar-refractivity contribution is 0.0518. The highest BCUT2D eigenvalue weighted by Crippen LogP contribution is 2.36. The summed E-state index contributed by atoms with van der Waals surface area (Å²) in [6, 6.07) is 15.4. The van der Waals surface area contributed by atoms with Gasteiger partial charge in [-0.25, -0.2) is 58.7 Å². The van der Waals surface area contributed by atoms with Gasteiger partial charge in [0.2, 0.25) is 17.6 Å². The van der Waals surface area contributed by atoms with Gasteiger partial charge in [0, 0.05) is 57.9 Å². The van der Waals surface area contributed by atoms with Crippen LogP contribution in [0.25, 0.3) is 16.9 Å². The molecule has 33 nitrogen and oxygen atoms in total. The number of esters is 2. The Bertz CT molecular complexity index is 4490. The number of fused-ring (bicyclic) bond motifs is 3. The average molecular weight is 1410 g/mol. The molecule has 3 aliphatic rings. The predicted molar refractivity (Wildman–Crippen MR) is 371 cm³/mol. The van der Waals surface area contributed by atoms with Gasteiger partial charge in [0.05, 0.1) is 37.5 Å². The van der Waals surface area contributed by atoms with Crippen LogP contribution < -0.4 is 45.3 Å². The molecular weight excluding hydrogens is 1330 g/mol. The predicted octanol–water partition coefficient (Wildman–Crippen LogP) is 11.6. The van der Waals surface area contributed by atoms with Gasteiger partial charge >= 0.3 is 36.2 Å². The highest BCUT2D eigenvalue weighted by atomic mass is 35.5. The normalized spacial score (nSPS) is 13.3. The van der Waals surface area contributed by atoms with Crippen LogP contribution in [0, 0.1) is 0 Å². The van der Waals surface area contributed by atoms with Crippen LogP contribution in [0.15, 0.2) is 91.8 Å².